The third-order valence-corrected chi connectivity index (χ3v) is 1.68. The summed E-state index contributed by atoms with van der Waals surface area (Å²) >= 11 is 0. The van der Waals surface area contributed by atoms with E-state index in [0.717, 1.165) is 12.0 Å². The van der Waals surface area contributed by atoms with E-state index in [1.807, 2.05) is 18.7 Å². The van der Waals surface area contributed by atoms with Gasteiger partial charge in [0.1, 0.15) is 5.75 Å². The molecule has 0 aliphatic heterocycles. The van der Waals surface area contributed by atoms with Gasteiger partial charge in [-0.3, -0.25) is 4.79 Å². The Morgan fingerprint density at radius 3 is 2.64 bits per heavy atom. The first-order valence-corrected chi connectivity index (χ1v) is 4.24. The van der Waals surface area contributed by atoms with E-state index in [2.05, 4.69) is 16.6 Å². The first kappa shape index (κ1) is 10.3. The number of ether oxygens (including phenoxy) is 1. The summed E-state index contributed by atoms with van der Waals surface area (Å²) in [7, 11) is 0. The van der Waals surface area contributed by atoms with Crippen molar-refractivity contribution in [3.63, 3.8) is 0 Å². The third kappa shape index (κ3) is 3.31. The molecule has 0 aliphatic rings. The van der Waals surface area contributed by atoms with Gasteiger partial charge >= 0.3 is 0 Å². The monoisotopic (exact) mass is 190 g/mol. The lowest BCUT2D eigenvalue weighted by atomic mass is 10.1. The Kier molecular flexibility index (Phi) is 4.27. The maximum atomic E-state index is 10.0. The minimum Gasteiger partial charge on any atom is -0.429 e. The van der Waals surface area contributed by atoms with Crippen LogP contribution in [0.15, 0.2) is 37.0 Å². The molecule has 0 aliphatic carbocycles. The van der Waals surface area contributed by atoms with E-state index in [9.17, 15) is 4.79 Å². The average Bonchev–Trinajstić information content (AvgIpc) is 2.21. The van der Waals surface area contributed by atoms with Gasteiger partial charge in [0.2, 0.25) is 0 Å². The summed E-state index contributed by atoms with van der Waals surface area (Å²) in [6.07, 6.45) is 2.41. The van der Waals surface area contributed by atoms with Gasteiger partial charge in [0.05, 0.1) is 0 Å². The molecular formula is C11H12NO2. The molecular weight excluding hydrogens is 178 g/mol. The van der Waals surface area contributed by atoms with Crippen LogP contribution in [-0.4, -0.2) is 6.47 Å². The Labute approximate surface area is 83.4 Å². The summed E-state index contributed by atoms with van der Waals surface area (Å²) in [5.74, 6) is 0.556. The van der Waals surface area contributed by atoms with Crippen LogP contribution in [0.1, 0.15) is 5.56 Å². The molecule has 14 heavy (non-hydrogen) atoms. The second kappa shape index (κ2) is 5.80. The van der Waals surface area contributed by atoms with E-state index >= 15 is 0 Å². The number of hydrogen-bond donors (Lipinski definition) is 1. The van der Waals surface area contributed by atoms with Crippen molar-refractivity contribution in [1.29, 1.82) is 0 Å². The fraction of sp³-hybridized carbons (Fsp3) is 0.0909. The van der Waals surface area contributed by atoms with Crippen LogP contribution < -0.4 is 10.1 Å². The summed E-state index contributed by atoms with van der Waals surface area (Å²) < 4.78 is 4.66. The first-order valence-electron chi connectivity index (χ1n) is 4.24. The number of rotatable bonds is 6. The van der Waals surface area contributed by atoms with Crippen molar-refractivity contribution in [1.82, 2.24) is 5.32 Å². The highest BCUT2D eigenvalue weighted by molar-refractivity contribution is 5.45. The van der Waals surface area contributed by atoms with Crippen molar-refractivity contribution in [3.8, 4) is 5.75 Å². The maximum absolute atomic E-state index is 10.0. The van der Waals surface area contributed by atoms with Crippen molar-refractivity contribution < 1.29 is 9.53 Å². The van der Waals surface area contributed by atoms with E-state index in [1.165, 1.54) is 0 Å². The van der Waals surface area contributed by atoms with Crippen molar-refractivity contribution in [2.24, 2.45) is 0 Å². The Morgan fingerprint density at radius 1 is 1.36 bits per heavy atom. The Bertz CT molecular complexity index is 293. The fourth-order valence-electron chi connectivity index (χ4n) is 1.02. The van der Waals surface area contributed by atoms with E-state index in [1.54, 1.807) is 18.3 Å². The van der Waals surface area contributed by atoms with Gasteiger partial charge in [0, 0.05) is 6.54 Å². The Morgan fingerprint density at radius 2 is 2.07 bits per heavy atom. The third-order valence-electron chi connectivity index (χ3n) is 1.68. The molecule has 3 nitrogen and oxygen atoms in total. The van der Waals surface area contributed by atoms with Crippen LogP contribution in [0, 0.1) is 6.54 Å². The topological polar surface area (TPSA) is 38.3 Å². The molecule has 0 fully saturated rings. The lowest BCUT2D eigenvalue weighted by Gasteiger charge is -2.02. The molecule has 0 aromatic heterocycles. The second-order valence-electron chi connectivity index (χ2n) is 2.64. The largest absolute Gasteiger partial charge is 0.429 e. The number of carbonyl (C=O) groups excluding carboxylic acids is 1. The average molecular weight is 190 g/mol. The predicted octanol–water partition coefficient (Wildman–Crippen LogP) is 1.66. The molecule has 1 radical (unpaired) electrons. The van der Waals surface area contributed by atoms with Gasteiger partial charge < -0.3 is 10.1 Å². The highest BCUT2D eigenvalue weighted by Crippen LogP contribution is 2.11. The minimum absolute atomic E-state index is 0.417. The quantitative estimate of drug-likeness (QED) is 0.547. The SMILES string of the molecule is C=CN[CH]Cc1ccc(OC=O)cc1. The van der Waals surface area contributed by atoms with E-state index in [4.69, 9.17) is 0 Å². The normalized spacial score (nSPS) is 9.14. The van der Waals surface area contributed by atoms with Crippen molar-refractivity contribution in [2.75, 3.05) is 0 Å². The molecule has 0 amide bonds. The Hall–Kier alpha value is -1.77. The van der Waals surface area contributed by atoms with Crippen molar-refractivity contribution in [2.45, 2.75) is 6.42 Å². The molecule has 73 valence electrons. The molecule has 0 heterocycles. The lowest BCUT2D eigenvalue weighted by Crippen LogP contribution is -2.01. The van der Waals surface area contributed by atoms with Crippen molar-refractivity contribution >= 4 is 6.47 Å². The fourth-order valence-corrected chi connectivity index (χ4v) is 1.02. The van der Waals surface area contributed by atoms with Gasteiger partial charge in [-0.1, -0.05) is 18.7 Å². The minimum atomic E-state index is 0.417. The molecule has 1 aromatic rings. The van der Waals surface area contributed by atoms with Gasteiger partial charge in [0.15, 0.2) is 0 Å². The van der Waals surface area contributed by atoms with Crippen LogP contribution in [0.5, 0.6) is 5.75 Å². The molecule has 0 saturated heterocycles. The number of hydrogen-bond acceptors (Lipinski definition) is 3. The van der Waals surface area contributed by atoms with Gasteiger partial charge in [-0.05, 0) is 30.3 Å². The second-order valence-corrected chi connectivity index (χ2v) is 2.64. The van der Waals surface area contributed by atoms with E-state index in [0.29, 0.717) is 12.2 Å². The number of benzene rings is 1. The number of carbonyl (C=O) groups is 1. The van der Waals surface area contributed by atoms with Crippen LogP contribution in [0.25, 0.3) is 0 Å². The van der Waals surface area contributed by atoms with Crippen LogP contribution in [0.2, 0.25) is 0 Å². The molecule has 1 aromatic carbocycles. The summed E-state index contributed by atoms with van der Waals surface area (Å²) in [6, 6.07) is 7.32. The molecule has 0 atom stereocenters. The molecule has 1 N–H and O–H groups in total. The van der Waals surface area contributed by atoms with Gasteiger partial charge in [-0.25, -0.2) is 0 Å². The molecule has 1 rings (SSSR count). The molecule has 0 unspecified atom stereocenters. The zero-order valence-electron chi connectivity index (χ0n) is 7.77. The molecule has 0 saturated carbocycles. The van der Waals surface area contributed by atoms with Gasteiger partial charge in [0.25, 0.3) is 6.47 Å². The summed E-state index contributed by atoms with van der Waals surface area (Å²) in [5.41, 5.74) is 1.14. The maximum Gasteiger partial charge on any atom is 0.298 e. The summed E-state index contributed by atoms with van der Waals surface area (Å²) in [5, 5.41) is 2.89. The van der Waals surface area contributed by atoms with Crippen LogP contribution in [0.3, 0.4) is 0 Å². The van der Waals surface area contributed by atoms with Gasteiger partial charge in [-0.15, -0.1) is 0 Å². The standard InChI is InChI=1S/C11H12NO2/c1-2-12-8-7-10-3-5-11(6-4-10)14-9-13/h2-6,8-9,12H,1,7H2. The zero-order valence-corrected chi connectivity index (χ0v) is 7.77. The molecule has 0 spiro atoms. The van der Waals surface area contributed by atoms with Crippen LogP contribution in [0.4, 0.5) is 0 Å². The van der Waals surface area contributed by atoms with Crippen molar-refractivity contribution in [3.05, 3.63) is 49.2 Å². The smallest absolute Gasteiger partial charge is 0.298 e. The highest BCUT2D eigenvalue weighted by atomic mass is 16.5. The van der Waals surface area contributed by atoms with Gasteiger partial charge in [-0.2, -0.15) is 0 Å². The molecule has 0 bridgehead atoms. The van der Waals surface area contributed by atoms with E-state index in [-0.39, 0.29) is 0 Å². The zero-order chi connectivity index (χ0) is 10.2. The highest BCUT2D eigenvalue weighted by Gasteiger charge is 1.94. The van der Waals surface area contributed by atoms with Crippen LogP contribution >= 0.6 is 0 Å². The van der Waals surface area contributed by atoms with E-state index < -0.39 is 0 Å². The predicted molar refractivity (Wildman–Crippen MR) is 54.5 cm³/mol. The van der Waals surface area contributed by atoms with Crippen LogP contribution in [-0.2, 0) is 11.2 Å². The summed E-state index contributed by atoms with van der Waals surface area (Å²) in [6.45, 7) is 5.84. The molecule has 3 heteroatoms. The summed E-state index contributed by atoms with van der Waals surface area (Å²) in [4.78, 5) is 10.0. The first-order chi connectivity index (χ1) is 6.86. The Balaban J connectivity index is 2.46. The number of nitrogens with one attached hydrogen (secondary N) is 1. The lowest BCUT2D eigenvalue weighted by molar-refractivity contribution is -0.120.